The van der Waals surface area contributed by atoms with Crippen LogP contribution in [0.4, 0.5) is 0 Å². The molecule has 0 spiro atoms. The molecule has 1 aromatic carbocycles. The van der Waals surface area contributed by atoms with Crippen LogP contribution in [0.15, 0.2) is 36.9 Å². The summed E-state index contributed by atoms with van der Waals surface area (Å²) in [5, 5.41) is 1.65. The zero-order chi connectivity index (χ0) is 12.5. The standard InChI is InChI=1S/C12H8ClN3S2/c13-8-2-1-3-9-12(8)15-10(18-9)6-11(17)16-5-4-14-7-16/h1-5,7H,6H2. The van der Waals surface area contributed by atoms with E-state index in [9.17, 15) is 0 Å². The summed E-state index contributed by atoms with van der Waals surface area (Å²) in [6.45, 7) is 0. The van der Waals surface area contributed by atoms with Crippen molar-refractivity contribution >= 4 is 50.4 Å². The molecule has 2 heterocycles. The number of thiazole rings is 1. The predicted molar refractivity (Wildman–Crippen MR) is 78.6 cm³/mol. The Bertz CT molecular complexity index is 703. The van der Waals surface area contributed by atoms with Crippen molar-refractivity contribution in [2.45, 2.75) is 6.42 Å². The van der Waals surface area contributed by atoms with E-state index in [0.717, 1.165) is 20.2 Å². The lowest BCUT2D eigenvalue weighted by Gasteiger charge is -2.00. The Hall–Kier alpha value is -1.30. The highest BCUT2D eigenvalue weighted by atomic mass is 35.5. The van der Waals surface area contributed by atoms with Crippen molar-refractivity contribution < 1.29 is 0 Å². The van der Waals surface area contributed by atoms with Crippen LogP contribution in [0.25, 0.3) is 10.2 Å². The van der Waals surface area contributed by atoms with Gasteiger partial charge >= 0.3 is 0 Å². The Morgan fingerprint density at radius 3 is 3.06 bits per heavy atom. The van der Waals surface area contributed by atoms with Crippen molar-refractivity contribution in [3.8, 4) is 0 Å². The number of fused-ring (bicyclic) bond motifs is 1. The van der Waals surface area contributed by atoms with Crippen LogP contribution < -0.4 is 0 Å². The molecule has 0 N–H and O–H groups in total. The van der Waals surface area contributed by atoms with Gasteiger partial charge in [0.1, 0.15) is 10.5 Å². The lowest BCUT2D eigenvalue weighted by atomic mass is 10.3. The van der Waals surface area contributed by atoms with Gasteiger partial charge < -0.3 is 0 Å². The van der Waals surface area contributed by atoms with Gasteiger partial charge in [-0.1, -0.05) is 29.9 Å². The van der Waals surface area contributed by atoms with Crippen LogP contribution in [0.1, 0.15) is 5.01 Å². The molecule has 18 heavy (non-hydrogen) atoms. The first kappa shape index (κ1) is 11.8. The molecule has 0 fully saturated rings. The molecule has 0 saturated carbocycles. The van der Waals surface area contributed by atoms with Gasteiger partial charge in [0.15, 0.2) is 0 Å². The third kappa shape index (κ3) is 2.16. The summed E-state index contributed by atoms with van der Waals surface area (Å²) in [5.74, 6) is 0. The molecule has 0 aliphatic carbocycles. The number of rotatable bonds is 2. The maximum absolute atomic E-state index is 6.10. The monoisotopic (exact) mass is 293 g/mol. The molecule has 0 unspecified atom stereocenters. The Morgan fingerprint density at radius 1 is 1.44 bits per heavy atom. The summed E-state index contributed by atoms with van der Waals surface area (Å²) in [6, 6.07) is 5.80. The average Bonchev–Trinajstić information content (AvgIpc) is 2.97. The van der Waals surface area contributed by atoms with Crippen LogP contribution in [0.3, 0.4) is 0 Å². The minimum Gasteiger partial charge on any atom is -0.300 e. The summed E-state index contributed by atoms with van der Waals surface area (Å²) >= 11 is 13.1. The molecule has 6 heteroatoms. The second-order valence-electron chi connectivity index (χ2n) is 3.73. The van der Waals surface area contributed by atoms with Gasteiger partial charge in [0.25, 0.3) is 0 Å². The van der Waals surface area contributed by atoms with E-state index in [4.69, 9.17) is 23.8 Å². The van der Waals surface area contributed by atoms with Crippen LogP contribution in [0.5, 0.6) is 0 Å². The third-order valence-corrected chi connectivity index (χ3v) is 4.19. The van der Waals surface area contributed by atoms with Crippen molar-refractivity contribution in [2.24, 2.45) is 0 Å². The minimum absolute atomic E-state index is 0.626. The summed E-state index contributed by atoms with van der Waals surface area (Å²) in [7, 11) is 0. The molecule has 0 amide bonds. The Morgan fingerprint density at radius 2 is 2.33 bits per heavy atom. The third-order valence-electron chi connectivity index (χ3n) is 2.51. The molecule has 0 saturated heterocycles. The Balaban J connectivity index is 1.92. The Kier molecular flexibility index (Phi) is 3.11. The lowest BCUT2D eigenvalue weighted by Crippen LogP contribution is -2.09. The minimum atomic E-state index is 0.626. The fourth-order valence-corrected chi connectivity index (χ4v) is 3.27. The van der Waals surface area contributed by atoms with E-state index in [-0.39, 0.29) is 0 Å². The molecule has 90 valence electrons. The van der Waals surface area contributed by atoms with Crippen molar-refractivity contribution in [2.75, 3.05) is 0 Å². The molecule has 3 rings (SSSR count). The molecule has 0 aliphatic heterocycles. The van der Waals surface area contributed by atoms with Crippen molar-refractivity contribution in [1.29, 1.82) is 0 Å². The second-order valence-corrected chi connectivity index (χ2v) is 5.73. The van der Waals surface area contributed by atoms with E-state index in [2.05, 4.69) is 9.97 Å². The summed E-state index contributed by atoms with van der Waals surface area (Å²) < 4.78 is 2.91. The number of hydrogen-bond donors (Lipinski definition) is 0. The van der Waals surface area contributed by atoms with Gasteiger partial charge in [-0.25, -0.2) is 9.97 Å². The van der Waals surface area contributed by atoms with Gasteiger partial charge in [0, 0.05) is 12.4 Å². The highest BCUT2D eigenvalue weighted by molar-refractivity contribution is 7.80. The van der Waals surface area contributed by atoms with Crippen LogP contribution >= 0.6 is 35.2 Å². The predicted octanol–water partition coefficient (Wildman–Crippen LogP) is 3.56. The molecular formula is C12H8ClN3S2. The van der Waals surface area contributed by atoms with Crippen LogP contribution in [0.2, 0.25) is 5.02 Å². The van der Waals surface area contributed by atoms with Gasteiger partial charge in [-0.2, -0.15) is 0 Å². The van der Waals surface area contributed by atoms with Gasteiger partial charge in [-0.05, 0) is 12.1 Å². The number of benzene rings is 1. The number of nitrogens with zero attached hydrogens (tertiary/aromatic N) is 3. The van der Waals surface area contributed by atoms with E-state index in [1.807, 2.05) is 29.0 Å². The maximum atomic E-state index is 6.10. The zero-order valence-electron chi connectivity index (χ0n) is 9.21. The normalized spacial score (nSPS) is 10.9. The van der Waals surface area contributed by atoms with Crippen molar-refractivity contribution in [3.05, 3.63) is 47.0 Å². The van der Waals surface area contributed by atoms with Crippen LogP contribution in [-0.2, 0) is 6.42 Å². The number of thiocarbonyl (C=S) groups is 1. The maximum Gasteiger partial charge on any atom is 0.101 e. The van der Waals surface area contributed by atoms with E-state index < -0.39 is 0 Å². The van der Waals surface area contributed by atoms with E-state index >= 15 is 0 Å². The molecule has 0 radical (unpaired) electrons. The average molecular weight is 294 g/mol. The number of para-hydroxylation sites is 1. The number of imidazole rings is 1. The van der Waals surface area contributed by atoms with Gasteiger partial charge in [-0.3, -0.25) is 4.57 Å². The summed E-state index contributed by atoms with van der Waals surface area (Å²) in [6.07, 6.45) is 5.87. The van der Waals surface area contributed by atoms with Gasteiger partial charge in [-0.15, -0.1) is 11.3 Å². The smallest absolute Gasteiger partial charge is 0.101 e. The molecule has 0 bridgehead atoms. The molecule has 0 atom stereocenters. The second kappa shape index (κ2) is 4.76. The number of halogens is 1. The molecule has 3 aromatic rings. The first-order chi connectivity index (χ1) is 8.74. The molecule has 2 aromatic heterocycles. The number of hydrogen-bond acceptors (Lipinski definition) is 4. The van der Waals surface area contributed by atoms with Gasteiger partial charge in [0.2, 0.25) is 0 Å². The highest BCUT2D eigenvalue weighted by Gasteiger charge is 2.09. The van der Waals surface area contributed by atoms with E-state index in [1.54, 1.807) is 23.9 Å². The summed E-state index contributed by atoms with van der Waals surface area (Å²) in [4.78, 5) is 9.29. The van der Waals surface area contributed by atoms with E-state index in [0.29, 0.717) is 11.4 Å². The fraction of sp³-hybridized carbons (Fsp3) is 0.0833. The van der Waals surface area contributed by atoms with Crippen LogP contribution in [0, 0.1) is 0 Å². The van der Waals surface area contributed by atoms with E-state index in [1.165, 1.54) is 0 Å². The largest absolute Gasteiger partial charge is 0.300 e. The molecular weight excluding hydrogens is 286 g/mol. The van der Waals surface area contributed by atoms with Crippen molar-refractivity contribution in [3.63, 3.8) is 0 Å². The Labute approximate surface area is 118 Å². The molecule has 3 nitrogen and oxygen atoms in total. The summed E-state index contributed by atoms with van der Waals surface area (Å²) in [5.41, 5.74) is 0.854. The van der Waals surface area contributed by atoms with Crippen molar-refractivity contribution in [1.82, 2.24) is 14.5 Å². The zero-order valence-corrected chi connectivity index (χ0v) is 11.6. The topological polar surface area (TPSA) is 30.7 Å². The highest BCUT2D eigenvalue weighted by Crippen LogP contribution is 2.28. The van der Waals surface area contributed by atoms with Crippen LogP contribution in [-0.4, -0.2) is 19.5 Å². The first-order valence-electron chi connectivity index (χ1n) is 5.29. The van der Waals surface area contributed by atoms with Gasteiger partial charge in [0.05, 0.1) is 27.5 Å². The fourth-order valence-electron chi connectivity index (χ4n) is 1.66. The molecule has 0 aliphatic rings. The lowest BCUT2D eigenvalue weighted by molar-refractivity contribution is 1.10. The first-order valence-corrected chi connectivity index (χ1v) is 6.89. The number of aromatic nitrogens is 3. The SMILES string of the molecule is S=C(Cc1nc2c(Cl)cccc2s1)n1ccnc1. The quantitative estimate of drug-likeness (QED) is 0.677.